The maximum Gasteiger partial charge on any atom is 0.251 e. The van der Waals surface area contributed by atoms with Gasteiger partial charge < -0.3 is 9.73 Å². The van der Waals surface area contributed by atoms with E-state index in [0.29, 0.717) is 29.5 Å². The smallest absolute Gasteiger partial charge is 0.251 e. The van der Waals surface area contributed by atoms with E-state index < -0.39 is 0 Å². The van der Waals surface area contributed by atoms with E-state index in [0.717, 1.165) is 22.3 Å². The second-order valence-corrected chi connectivity index (χ2v) is 6.85. The van der Waals surface area contributed by atoms with Crippen LogP contribution < -0.4 is 5.32 Å². The van der Waals surface area contributed by atoms with Gasteiger partial charge in [-0.15, -0.1) is 10.2 Å². The zero-order chi connectivity index (χ0) is 20.9. The largest absolute Gasteiger partial charge is 0.416 e. The number of amides is 1. The molecule has 0 radical (unpaired) electrons. The summed E-state index contributed by atoms with van der Waals surface area (Å²) in [6.07, 6.45) is 0. The Morgan fingerprint density at radius 2 is 1.70 bits per heavy atom. The number of carbonyl (C=O) groups excluding carboxylic acids is 1. The van der Waals surface area contributed by atoms with E-state index in [-0.39, 0.29) is 5.91 Å². The summed E-state index contributed by atoms with van der Waals surface area (Å²) in [7, 11) is 0. The molecule has 1 aromatic heterocycles. The van der Waals surface area contributed by atoms with Crippen LogP contribution in [0.15, 0.2) is 77.2 Å². The third kappa shape index (κ3) is 4.26. The topological polar surface area (TPSA) is 91.8 Å². The fraction of sp³-hybridized carbons (Fsp3) is 0.0833. The predicted molar refractivity (Wildman–Crippen MR) is 112 cm³/mol. The lowest BCUT2D eigenvalue weighted by Gasteiger charge is -2.06. The van der Waals surface area contributed by atoms with Gasteiger partial charge in [0.2, 0.25) is 11.8 Å². The van der Waals surface area contributed by atoms with Crippen molar-refractivity contribution in [1.29, 1.82) is 5.26 Å². The lowest BCUT2D eigenvalue weighted by molar-refractivity contribution is 0.0951. The predicted octanol–water partition coefficient (Wildman–Crippen LogP) is 4.51. The SMILES string of the molecule is Cc1cccc(-c2nnc(-c3ccc(C(=O)NCc4cccc(C#N)c4)cc3)o2)c1. The lowest BCUT2D eigenvalue weighted by Crippen LogP contribution is -2.22. The standard InChI is InChI=1S/C24H18N4O2/c1-16-4-2-7-21(12-16)24-28-27-23(30-24)20-10-8-19(9-11-20)22(29)26-15-18-6-3-5-17(13-18)14-25/h2-13H,15H2,1H3,(H,26,29). The van der Waals surface area contributed by atoms with Crippen LogP contribution in [-0.4, -0.2) is 16.1 Å². The first-order valence-electron chi connectivity index (χ1n) is 9.40. The van der Waals surface area contributed by atoms with Gasteiger partial charge in [-0.2, -0.15) is 5.26 Å². The van der Waals surface area contributed by atoms with Crippen molar-refractivity contribution in [3.63, 3.8) is 0 Å². The molecule has 1 heterocycles. The molecule has 0 fully saturated rings. The van der Waals surface area contributed by atoms with Gasteiger partial charge in [0, 0.05) is 23.2 Å². The molecular weight excluding hydrogens is 376 g/mol. The monoisotopic (exact) mass is 394 g/mol. The number of aromatic nitrogens is 2. The molecular formula is C24H18N4O2. The van der Waals surface area contributed by atoms with Crippen molar-refractivity contribution in [2.45, 2.75) is 13.5 Å². The molecule has 146 valence electrons. The quantitative estimate of drug-likeness (QED) is 0.537. The van der Waals surface area contributed by atoms with Crippen molar-refractivity contribution in [2.75, 3.05) is 0 Å². The van der Waals surface area contributed by atoms with Crippen molar-refractivity contribution >= 4 is 5.91 Å². The molecule has 6 nitrogen and oxygen atoms in total. The zero-order valence-electron chi connectivity index (χ0n) is 16.3. The molecule has 0 unspecified atom stereocenters. The Morgan fingerprint density at radius 1 is 0.967 bits per heavy atom. The van der Waals surface area contributed by atoms with Crippen LogP contribution in [0.4, 0.5) is 0 Å². The van der Waals surface area contributed by atoms with E-state index >= 15 is 0 Å². The molecule has 4 rings (SSSR count). The van der Waals surface area contributed by atoms with Crippen LogP contribution >= 0.6 is 0 Å². The maximum absolute atomic E-state index is 12.4. The fourth-order valence-corrected chi connectivity index (χ4v) is 3.03. The molecule has 0 atom stereocenters. The fourth-order valence-electron chi connectivity index (χ4n) is 3.03. The molecule has 0 bridgehead atoms. The third-order valence-corrected chi connectivity index (χ3v) is 4.59. The molecule has 0 spiro atoms. The summed E-state index contributed by atoms with van der Waals surface area (Å²) >= 11 is 0. The Hall–Kier alpha value is -4.24. The van der Waals surface area contributed by atoms with Gasteiger partial charge >= 0.3 is 0 Å². The van der Waals surface area contributed by atoms with Gasteiger partial charge in [-0.05, 0) is 61.0 Å². The number of benzene rings is 3. The molecule has 6 heteroatoms. The lowest BCUT2D eigenvalue weighted by atomic mass is 10.1. The number of carbonyl (C=O) groups is 1. The maximum atomic E-state index is 12.4. The number of hydrogen-bond acceptors (Lipinski definition) is 5. The molecule has 30 heavy (non-hydrogen) atoms. The minimum atomic E-state index is -0.199. The van der Waals surface area contributed by atoms with Gasteiger partial charge in [0.15, 0.2) is 0 Å². The summed E-state index contributed by atoms with van der Waals surface area (Å²) in [6, 6.07) is 24.1. The first-order chi connectivity index (χ1) is 14.6. The highest BCUT2D eigenvalue weighted by atomic mass is 16.4. The molecule has 3 aromatic carbocycles. The van der Waals surface area contributed by atoms with Crippen molar-refractivity contribution in [3.05, 3.63) is 95.1 Å². The van der Waals surface area contributed by atoms with Gasteiger partial charge in [-0.25, -0.2) is 0 Å². The minimum Gasteiger partial charge on any atom is -0.416 e. The molecule has 0 aliphatic rings. The Morgan fingerprint density at radius 3 is 2.43 bits per heavy atom. The number of nitriles is 1. The average Bonchev–Trinajstić information content (AvgIpc) is 3.28. The summed E-state index contributed by atoms with van der Waals surface area (Å²) in [5, 5.41) is 20.1. The van der Waals surface area contributed by atoms with Crippen LogP contribution in [-0.2, 0) is 6.54 Å². The highest BCUT2D eigenvalue weighted by molar-refractivity contribution is 5.94. The van der Waals surface area contributed by atoms with Crippen LogP contribution in [0.1, 0.15) is 27.0 Å². The number of hydrogen-bond donors (Lipinski definition) is 1. The second-order valence-electron chi connectivity index (χ2n) is 6.85. The Kier molecular flexibility index (Phi) is 5.35. The van der Waals surface area contributed by atoms with E-state index in [9.17, 15) is 4.79 Å². The summed E-state index contributed by atoms with van der Waals surface area (Å²) in [6.45, 7) is 2.35. The van der Waals surface area contributed by atoms with Gasteiger partial charge in [-0.3, -0.25) is 4.79 Å². The van der Waals surface area contributed by atoms with Crippen molar-refractivity contribution in [1.82, 2.24) is 15.5 Å². The number of aryl methyl sites for hydroxylation is 1. The van der Waals surface area contributed by atoms with E-state index in [4.69, 9.17) is 9.68 Å². The molecule has 0 saturated heterocycles. The highest BCUT2D eigenvalue weighted by Crippen LogP contribution is 2.24. The van der Waals surface area contributed by atoms with E-state index in [1.54, 1.807) is 42.5 Å². The number of nitrogens with zero attached hydrogens (tertiary/aromatic N) is 3. The summed E-state index contributed by atoms with van der Waals surface area (Å²) in [4.78, 5) is 12.4. The zero-order valence-corrected chi connectivity index (χ0v) is 16.3. The van der Waals surface area contributed by atoms with Crippen LogP contribution in [0, 0.1) is 18.3 Å². The Bertz CT molecular complexity index is 1240. The van der Waals surface area contributed by atoms with Crippen LogP contribution in [0.5, 0.6) is 0 Å². The van der Waals surface area contributed by atoms with Crippen molar-refractivity contribution in [2.24, 2.45) is 0 Å². The molecule has 1 N–H and O–H groups in total. The molecule has 4 aromatic rings. The molecule has 0 saturated carbocycles. The minimum absolute atomic E-state index is 0.199. The summed E-state index contributed by atoms with van der Waals surface area (Å²) in [5.41, 5.74) is 4.67. The van der Waals surface area contributed by atoms with E-state index in [1.807, 2.05) is 37.3 Å². The second kappa shape index (κ2) is 8.41. The summed E-state index contributed by atoms with van der Waals surface area (Å²) < 4.78 is 5.79. The number of rotatable bonds is 5. The van der Waals surface area contributed by atoms with Gasteiger partial charge in [0.25, 0.3) is 5.91 Å². The molecule has 0 aliphatic heterocycles. The average molecular weight is 394 g/mol. The summed E-state index contributed by atoms with van der Waals surface area (Å²) in [5.74, 6) is 0.650. The van der Waals surface area contributed by atoms with Crippen LogP contribution in [0.25, 0.3) is 22.9 Å². The first-order valence-corrected chi connectivity index (χ1v) is 9.40. The highest BCUT2D eigenvalue weighted by Gasteiger charge is 2.12. The van der Waals surface area contributed by atoms with Gasteiger partial charge in [0.1, 0.15) is 0 Å². The van der Waals surface area contributed by atoms with Gasteiger partial charge in [0.05, 0.1) is 11.6 Å². The normalized spacial score (nSPS) is 10.4. The van der Waals surface area contributed by atoms with E-state index in [2.05, 4.69) is 21.6 Å². The first kappa shape index (κ1) is 19.1. The van der Waals surface area contributed by atoms with Crippen molar-refractivity contribution in [3.8, 4) is 29.0 Å². The molecule has 0 aliphatic carbocycles. The van der Waals surface area contributed by atoms with Crippen LogP contribution in [0.2, 0.25) is 0 Å². The van der Waals surface area contributed by atoms with E-state index in [1.165, 1.54) is 0 Å². The third-order valence-electron chi connectivity index (χ3n) is 4.59. The Labute approximate surface area is 173 Å². The van der Waals surface area contributed by atoms with Crippen molar-refractivity contribution < 1.29 is 9.21 Å². The van der Waals surface area contributed by atoms with Crippen LogP contribution in [0.3, 0.4) is 0 Å². The molecule has 1 amide bonds. The Balaban J connectivity index is 1.44. The number of nitrogens with one attached hydrogen (secondary N) is 1. The van der Waals surface area contributed by atoms with Gasteiger partial charge in [-0.1, -0.05) is 29.8 Å².